The number of carbonyl (C=O) groups is 1. The maximum Gasteiger partial charge on any atom is 0.323 e. The third-order valence-electron chi connectivity index (χ3n) is 7.38. The average Bonchev–Trinajstić information content (AvgIpc) is 3.01. The molecule has 43 heavy (non-hydrogen) atoms. The van der Waals surface area contributed by atoms with Gasteiger partial charge in [-0.25, -0.2) is 4.79 Å². The molecule has 3 aromatic rings. The third-order valence-corrected chi connectivity index (χ3v) is 8.22. The number of nitrogens with zero attached hydrogens (tertiary/aromatic N) is 2. The number of hydrogen-bond donors (Lipinski definition) is 4. The number of amidine groups is 1. The molecule has 0 bridgehead atoms. The molecule has 0 saturated heterocycles. The van der Waals surface area contributed by atoms with Gasteiger partial charge in [-0.3, -0.25) is 15.3 Å². The second kappa shape index (κ2) is 15.4. The minimum Gasteiger partial charge on any atom is -0.364 e. The van der Waals surface area contributed by atoms with Crippen LogP contribution >= 0.6 is 11.9 Å². The largest absolute Gasteiger partial charge is 0.364 e. The Morgan fingerprint density at radius 2 is 1.67 bits per heavy atom. The van der Waals surface area contributed by atoms with Crippen molar-refractivity contribution in [2.24, 2.45) is 4.99 Å². The smallest absolute Gasteiger partial charge is 0.323 e. The Balaban J connectivity index is 1.19. The summed E-state index contributed by atoms with van der Waals surface area (Å²) < 4.78 is 3.34. The van der Waals surface area contributed by atoms with E-state index in [1.54, 1.807) is 11.9 Å². The molecule has 0 aromatic heterocycles. The van der Waals surface area contributed by atoms with Crippen LogP contribution in [0.25, 0.3) is 0 Å². The molecular weight excluding hydrogens is 552 g/mol. The van der Waals surface area contributed by atoms with E-state index in [-0.39, 0.29) is 11.4 Å². The molecule has 2 amide bonds. The fourth-order valence-electron chi connectivity index (χ4n) is 4.73. The highest BCUT2D eigenvalue weighted by molar-refractivity contribution is 7.96. The van der Waals surface area contributed by atoms with E-state index >= 15 is 0 Å². The lowest BCUT2D eigenvalue weighted by atomic mass is 9.87. The molecule has 0 spiro atoms. The molecule has 0 radical (unpaired) electrons. The summed E-state index contributed by atoms with van der Waals surface area (Å²) in [5, 5.41) is 14.9. The number of hydrogen-bond acceptors (Lipinski definition) is 6. The highest BCUT2D eigenvalue weighted by Gasteiger charge is 2.17. The van der Waals surface area contributed by atoms with Gasteiger partial charge in [0, 0.05) is 25.3 Å². The first kappa shape index (κ1) is 31.9. The summed E-state index contributed by atoms with van der Waals surface area (Å²) >= 11 is 1.64. The van der Waals surface area contributed by atoms with Gasteiger partial charge in [-0.2, -0.15) is 0 Å². The molecule has 0 unspecified atom stereocenters. The van der Waals surface area contributed by atoms with Crippen molar-refractivity contribution in [3.63, 3.8) is 0 Å². The van der Waals surface area contributed by atoms with Crippen LogP contribution in [0.4, 0.5) is 4.79 Å². The zero-order valence-electron chi connectivity index (χ0n) is 25.7. The second-order valence-corrected chi connectivity index (χ2v) is 12.5. The molecule has 226 valence electrons. The zero-order chi connectivity index (χ0) is 30.7. The predicted molar refractivity (Wildman–Crippen MR) is 180 cm³/mol. The summed E-state index contributed by atoms with van der Waals surface area (Å²) in [6, 6.07) is 27.0. The molecule has 3 aromatic carbocycles. The van der Waals surface area contributed by atoms with Gasteiger partial charge < -0.3 is 15.4 Å². The molecule has 4 N–H and O–H groups in total. The van der Waals surface area contributed by atoms with Gasteiger partial charge in [0.05, 0.1) is 18.5 Å². The Morgan fingerprint density at radius 1 is 0.977 bits per heavy atom. The van der Waals surface area contributed by atoms with E-state index in [1.165, 1.54) is 21.6 Å². The highest BCUT2D eigenvalue weighted by Crippen LogP contribution is 2.22. The number of amides is 2. The van der Waals surface area contributed by atoms with Gasteiger partial charge in [-0.15, -0.1) is 0 Å². The number of urea groups is 1. The first-order chi connectivity index (χ1) is 20.7. The van der Waals surface area contributed by atoms with Crippen LogP contribution < -0.4 is 15.4 Å². The van der Waals surface area contributed by atoms with Crippen LogP contribution in [0.15, 0.2) is 95.9 Å². The van der Waals surface area contributed by atoms with Crippen molar-refractivity contribution in [2.75, 3.05) is 13.1 Å². The van der Waals surface area contributed by atoms with Crippen LogP contribution in [0.1, 0.15) is 68.4 Å². The van der Waals surface area contributed by atoms with Gasteiger partial charge in [0.2, 0.25) is 0 Å². The van der Waals surface area contributed by atoms with Crippen molar-refractivity contribution in [3.05, 3.63) is 119 Å². The normalized spacial score (nSPS) is 12.9. The maximum atomic E-state index is 12.8. The third kappa shape index (κ3) is 9.75. The average molecular weight is 597 g/mol. The summed E-state index contributed by atoms with van der Waals surface area (Å²) in [6.45, 7) is 10.1. The lowest BCUT2D eigenvalue weighted by Crippen LogP contribution is -2.43. The molecule has 0 fully saturated rings. The molecule has 1 aliphatic rings. The van der Waals surface area contributed by atoms with E-state index in [2.05, 4.69) is 114 Å². The maximum absolute atomic E-state index is 12.8. The van der Waals surface area contributed by atoms with Crippen LogP contribution in [0.5, 0.6) is 0 Å². The van der Waals surface area contributed by atoms with E-state index in [9.17, 15) is 4.79 Å². The minimum atomic E-state index is -0.221. The topological polar surface area (TPSA) is 92.6 Å². The van der Waals surface area contributed by atoms with E-state index in [4.69, 9.17) is 5.41 Å². The number of carbonyl (C=O) groups excluding carboxylic acids is 1. The first-order valence-electron chi connectivity index (χ1n) is 15.0. The Labute approximate surface area is 260 Å². The molecule has 0 saturated carbocycles. The van der Waals surface area contributed by atoms with Gasteiger partial charge in [0.1, 0.15) is 11.7 Å². The molecule has 1 heterocycles. The SMILES string of the molecule is CCN(C(=N)CCCc1ccc(C2=NC=C(NSCc3ccccc3)NC2)cc1)C(=O)NCc1ccc(C(C)(C)C)cc1. The van der Waals surface area contributed by atoms with Crippen molar-refractivity contribution in [1.29, 1.82) is 5.41 Å². The minimum absolute atomic E-state index is 0.0990. The van der Waals surface area contributed by atoms with Crippen molar-refractivity contribution in [3.8, 4) is 0 Å². The van der Waals surface area contributed by atoms with Gasteiger partial charge >= 0.3 is 6.03 Å². The van der Waals surface area contributed by atoms with E-state index < -0.39 is 0 Å². The van der Waals surface area contributed by atoms with E-state index in [0.29, 0.717) is 31.9 Å². The highest BCUT2D eigenvalue weighted by atomic mass is 32.2. The van der Waals surface area contributed by atoms with Crippen molar-refractivity contribution >= 4 is 29.5 Å². The van der Waals surface area contributed by atoms with Crippen molar-refractivity contribution in [1.82, 2.24) is 20.3 Å². The molecular formula is C35H44N6OS. The van der Waals surface area contributed by atoms with Crippen LogP contribution in [0.2, 0.25) is 0 Å². The summed E-state index contributed by atoms with van der Waals surface area (Å²) in [6.07, 6.45) is 4.04. The van der Waals surface area contributed by atoms with E-state index in [0.717, 1.165) is 41.3 Å². The Morgan fingerprint density at radius 3 is 2.30 bits per heavy atom. The lowest BCUT2D eigenvalue weighted by molar-refractivity contribution is 0.221. The van der Waals surface area contributed by atoms with Gasteiger partial charge in [-0.05, 0) is 64.9 Å². The molecule has 7 nitrogen and oxygen atoms in total. The van der Waals surface area contributed by atoms with Crippen molar-refractivity contribution < 1.29 is 4.79 Å². The number of benzene rings is 3. The lowest BCUT2D eigenvalue weighted by Gasteiger charge is -2.22. The quantitative estimate of drug-likeness (QED) is 0.102. The van der Waals surface area contributed by atoms with Crippen LogP contribution in [-0.2, 0) is 24.1 Å². The number of nitrogens with one attached hydrogen (secondary N) is 4. The van der Waals surface area contributed by atoms with Gasteiger partial charge in [0.15, 0.2) is 0 Å². The standard InChI is InChI=1S/C35H44N6OS/c1-5-41(34(42)39-22-27-16-20-30(21-17-27)35(2,3)4)32(36)13-9-12-26-14-18-29(19-15-26)31-23-38-33(24-37-31)40-43-25-28-10-7-6-8-11-28/h6-8,10-11,14-21,24,36,38,40H,5,9,12-13,22-23,25H2,1-4H3,(H,39,42). The monoisotopic (exact) mass is 596 g/mol. The van der Waals surface area contributed by atoms with Crippen LogP contribution in [0, 0.1) is 5.41 Å². The summed E-state index contributed by atoms with van der Waals surface area (Å²) in [7, 11) is 0. The van der Waals surface area contributed by atoms with Gasteiger partial charge in [-0.1, -0.05) is 99.6 Å². The summed E-state index contributed by atoms with van der Waals surface area (Å²) in [5.41, 5.74) is 7.00. The number of aryl methyl sites for hydroxylation is 1. The summed E-state index contributed by atoms with van der Waals surface area (Å²) in [5.74, 6) is 2.14. The molecule has 4 rings (SSSR count). The molecule has 0 aliphatic carbocycles. The zero-order valence-corrected chi connectivity index (χ0v) is 26.6. The second-order valence-electron chi connectivity index (χ2n) is 11.7. The number of rotatable bonds is 12. The molecule has 8 heteroatoms. The predicted octanol–water partition coefficient (Wildman–Crippen LogP) is 7.14. The fraction of sp³-hybridized carbons (Fsp3) is 0.343. The van der Waals surface area contributed by atoms with Crippen LogP contribution in [0.3, 0.4) is 0 Å². The Bertz CT molecular complexity index is 1410. The van der Waals surface area contributed by atoms with Crippen molar-refractivity contribution in [2.45, 2.75) is 64.7 Å². The van der Waals surface area contributed by atoms with Crippen LogP contribution in [-0.4, -0.2) is 35.6 Å². The van der Waals surface area contributed by atoms with Gasteiger partial charge in [0.25, 0.3) is 0 Å². The number of aliphatic imine (C=N–C) groups is 1. The fourth-order valence-corrected chi connectivity index (χ4v) is 5.45. The molecule has 0 atom stereocenters. The summed E-state index contributed by atoms with van der Waals surface area (Å²) in [4.78, 5) is 19.0. The Hall–Kier alpha value is -4.04. The Kier molecular flexibility index (Phi) is 11.4. The first-order valence-corrected chi connectivity index (χ1v) is 16.0. The molecule has 1 aliphatic heterocycles. The van der Waals surface area contributed by atoms with E-state index in [1.807, 2.05) is 19.2 Å².